The number of carbonyl (C=O) groups is 1. The Morgan fingerprint density at radius 3 is 2.86 bits per heavy atom. The average Bonchev–Trinajstić information content (AvgIpc) is 2.84. The van der Waals surface area contributed by atoms with Gasteiger partial charge in [0.05, 0.1) is 6.07 Å². The lowest BCUT2D eigenvalue weighted by atomic mass is 9.52. The Bertz CT molecular complexity index is 608. The van der Waals surface area contributed by atoms with Gasteiger partial charge in [-0.2, -0.15) is 5.26 Å². The molecule has 0 spiro atoms. The molecule has 116 valence electrons. The Morgan fingerprint density at radius 1 is 1.18 bits per heavy atom. The summed E-state index contributed by atoms with van der Waals surface area (Å²) in [7, 11) is 0. The normalized spacial score (nSPS) is 45.5. The van der Waals surface area contributed by atoms with Gasteiger partial charge in [0.15, 0.2) is 5.78 Å². The molecule has 4 aliphatic carbocycles. The van der Waals surface area contributed by atoms with Crippen LogP contribution in [0.15, 0.2) is 23.3 Å². The van der Waals surface area contributed by atoms with Gasteiger partial charge in [0.25, 0.3) is 0 Å². The number of hydrogen-bond donors (Lipinski definition) is 0. The molecule has 0 amide bonds. The quantitative estimate of drug-likeness (QED) is 0.614. The van der Waals surface area contributed by atoms with E-state index in [2.05, 4.69) is 13.0 Å². The number of fused-ring (bicyclic) bond motifs is 5. The number of hydrogen-bond acceptors (Lipinski definition) is 2. The molecule has 3 saturated carbocycles. The summed E-state index contributed by atoms with van der Waals surface area (Å²) in [5.41, 5.74) is 3.16. The predicted molar refractivity (Wildman–Crippen MR) is 85.8 cm³/mol. The third-order valence-electron chi connectivity index (χ3n) is 7.39. The SMILES string of the molecule is C[C@]12CC[C@H]3[C@@H](CCC4=CC(=O)CC[C@@H]43)[C@@H]1CCC2=CC#N. The van der Waals surface area contributed by atoms with Crippen molar-refractivity contribution in [3.63, 3.8) is 0 Å². The van der Waals surface area contributed by atoms with Crippen molar-refractivity contribution >= 4 is 5.78 Å². The molecule has 0 aromatic carbocycles. The fourth-order valence-corrected chi connectivity index (χ4v) is 6.34. The number of nitriles is 1. The maximum atomic E-state index is 11.7. The smallest absolute Gasteiger partial charge is 0.155 e. The van der Waals surface area contributed by atoms with E-state index in [-0.39, 0.29) is 5.41 Å². The van der Waals surface area contributed by atoms with Crippen molar-refractivity contribution < 1.29 is 4.79 Å². The average molecular weight is 295 g/mol. The van der Waals surface area contributed by atoms with Crippen molar-refractivity contribution in [2.45, 2.75) is 58.3 Å². The number of carbonyl (C=O) groups excluding carboxylic acids is 1. The fraction of sp³-hybridized carbons (Fsp3) is 0.700. The molecule has 0 N–H and O–H groups in total. The van der Waals surface area contributed by atoms with Crippen LogP contribution in [0.2, 0.25) is 0 Å². The first-order valence-corrected chi connectivity index (χ1v) is 8.96. The van der Waals surface area contributed by atoms with E-state index in [0.29, 0.717) is 11.7 Å². The summed E-state index contributed by atoms with van der Waals surface area (Å²) in [5.74, 6) is 3.42. The number of ketones is 1. The van der Waals surface area contributed by atoms with Gasteiger partial charge < -0.3 is 0 Å². The van der Waals surface area contributed by atoms with E-state index in [1.165, 1.54) is 36.8 Å². The van der Waals surface area contributed by atoms with E-state index in [9.17, 15) is 4.79 Å². The molecular weight excluding hydrogens is 270 g/mol. The Hall–Kier alpha value is -1.36. The molecule has 0 aliphatic heterocycles. The van der Waals surface area contributed by atoms with Crippen LogP contribution in [-0.2, 0) is 4.79 Å². The molecule has 2 heteroatoms. The zero-order chi connectivity index (χ0) is 15.3. The molecule has 0 saturated heterocycles. The lowest BCUT2D eigenvalue weighted by Gasteiger charge is -2.53. The van der Waals surface area contributed by atoms with Crippen LogP contribution in [0.5, 0.6) is 0 Å². The summed E-state index contributed by atoms with van der Waals surface area (Å²) in [5, 5.41) is 9.08. The Morgan fingerprint density at radius 2 is 2.05 bits per heavy atom. The highest BCUT2D eigenvalue weighted by atomic mass is 16.1. The first kappa shape index (κ1) is 14.2. The van der Waals surface area contributed by atoms with Crippen LogP contribution in [0.3, 0.4) is 0 Å². The van der Waals surface area contributed by atoms with Gasteiger partial charge in [0, 0.05) is 12.5 Å². The maximum absolute atomic E-state index is 11.7. The zero-order valence-corrected chi connectivity index (χ0v) is 13.5. The van der Waals surface area contributed by atoms with Gasteiger partial charge in [-0.1, -0.05) is 18.1 Å². The van der Waals surface area contributed by atoms with Crippen molar-refractivity contribution in [3.8, 4) is 6.07 Å². The Labute approximate surface area is 133 Å². The lowest BCUT2D eigenvalue weighted by molar-refractivity contribution is -0.115. The molecule has 0 aromatic rings. The molecule has 2 nitrogen and oxygen atoms in total. The minimum Gasteiger partial charge on any atom is -0.295 e. The van der Waals surface area contributed by atoms with Crippen LogP contribution in [0.25, 0.3) is 0 Å². The molecule has 0 aromatic heterocycles. The molecule has 0 heterocycles. The van der Waals surface area contributed by atoms with E-state index >= 15 is 0 Å². The third kappa shape index (κ3) is 1.94. The molecule has 3 fully saturated rings. The summed E-state index contributed by atoms with van der Waals surface area (Å²) in [4.78, 5) is 11.7. The van der Waals surface area contributed by atoms with Crippen molar-refractivity contribution in [2.24, 2.45) is 29.1 Å². The first-order valence-electron chi connectivity index (χ1n) is 8.96. The second kappa shape index (κ2) is 5.08. The highest BCUT2D eigenvalue weighted by Crippen LogP contribution is 2.63. The largest absolute Gasteiger partial charge is 0.295 e. The van der Waals surface area contributed by atoms with Crippen LogP contribution in [0.1, 0.15) is 58.3 Å². The minimum absolute atomic E-state index is 0.280. The molecule has 0 unspecified atom stereocenters. The van der Waals surface area contributed by atoms with Gasteiger partial charge in [0.2, 0.25) is 0 Å². The van der Waals surface area contributed by atoms with Gasteiger partial charge >= 0.3 is 0 Å². The van der Waals surface area contributed by atoms with Crippen molar-refractivity contribution in [1.82, 2.24) is 0 Å². The van der Waals surface area contributed by atoms with E-state index in [1.54, 1.807) is 0 Å². The Balaban J connectivity index is 1.64. The monoisotopic (exact) mass is 295 g/mol. The zero-order valence-electron chi connectivity index (χ0n) is 13.5. The second-order valence-corrected chi connectivity index (χ2v) is 8.10. The van der Waals surface area contributed by atoms with Crippen LogP contribution in [0, 0.1) is 40.4 Å². The summed E-state index contributed by atoms with van der Waals surface area (Å²) >= 11 is 0. The fourth-order valence-electron chi connectivity index (χ4n) is 6.34. The van der Waals surface area contributed by atoms with E-state index < -0.39 is 0 Å². The highest BCUT2D eigenvalue weighted by molar-refractivity contribution is 5.91. The van der Waals surface area contributed by atoms with Crippen LogP contribution >= 0.6 is 0 Å². The first-order chi connectivity index (χ1) is 10.6. The van der Waals surface area contributed by atoms with Crippen LogP contribution < -0.4 is 0 Å². The van der Waals surface area contributed by atoms with Gasteiger partial charge in [0.1, 0.15) is 0 Å². The molecule has 22 heavy (non-hydrogen) atoms. The third-order valence-corrected chi connectivity index (χ3v) is 7.39. The summed E-state index contributed by atoms with van der Waals surface area (Å²) in [6, 6.07) is 2.28. The van der Waals surface area contributed by atoms with Crippen molar-refractivity contribution in [3.05, 3.63) is 23.3 Å². The summed E-state index contributed by atoms with van der Waals surface area (Å²) < 4.78 is 0. The van der Waals surface area contributed by atoms with Crippen LogP contribution in [0.4, 0.5) is 0 Å². The molecule has 4 rings (SSSR count). The predicted octanol–water partition coefficient (Wildman–Crippen LogP) is 4.58. The standard InChI is InChI=1S/C20H25NO/c1-20-10-8-17-16-6-4-15(22)12-13(16)2-5-18(17)19(20)7-3-14(20)9-11-21/h9,12,16-19H,2-8,10H2,1H3/t16-,17+,18+,19-,20+/m0/s1. The molecular formula is C20H25NO. The van der Waals surface area contributed by atoms with Crippen molar-refractivity contribution in [2.75, 3.05) is 0 Å². The van der Waals surface area contributed by atoms with Gasteiger partial charge in [-0.05, 0) is 80.1 Å². The minimum atomic E-state index is 0.280. The molecule has 4 aliphatic rings. The van der Waals surface area contributed by atoms with Crippen LogP contribution in [-0.4, -0.2) is 5.78 Å². The van der Waals surface area contributed by atoms with E-state index in [0.717, 1.165) is 43.4 Å². The van der Waals surface area contributed by atoms with E-state index in [1.807, 2.05) is 12.2 Å². The number of nitrogens with zero attached hydrogens (tertiary/aromatic N) is 1. The topological polar surface area (TPSA) is 40.9 Å². The van der Waals surface area contributed by atoms with Gasteiger partial charge in [-0.25, -0.2) is 0 Å². The van der Waals surface area contributed by atoms with Gasteiger partial charge in [-0.3, -0.25) is 4.79 Å². The van der Waals surface area contributed by atoms with Crippen molar-refractivity contribution in [1.29, 1.82) is 5.26 Å². The van der Waals surface area contributed by atoms with E-state index in [4.69, 9.17) is 5.26 Å². The maximum Gasteiger partial charge on any atom is 0.155 e. The lowest BCUT2D eigenvalue weighted by Crippen LogP contribution is -2.45. The summed E-state index contributed by atoms with van der Waals surface area (Å²) in [6.07, 6.45) is 13.0. The highest BCUT2D eigenvalue weighted by Gasteiger charge is 2.54. The van der Waals surface area contributed by atoms with Gasteiger partial charge in [-0.15, -0.1) is 0 Å². The second-order valence-electron chi connectivity index (χ2n) is 8.10. The summed E-state index contributed by atoms with van der Waals surface area (Å²) in [6.45, 7) is 2.42. The molecule has 0 radical (unpaired) electrons. The Kier molecular flexibility index (Phi) is 3.29. The molecule has 5 atom stereocenters. The number of allylic oxidation sites excluding steroid dienone is 3. The molecule has 0 bridgehead atoms. The number of rotatable bonds is 0.